The lowest BCUT2D eigenvalue weighted by atomic mass is 9.95. The van der Waals surface area contributed by atoms with Gasteiger partial charge in [0.2, 0.25) is 0 Å². The third-order valence-corrected chi connectivity index (χ3v) is 3.34. The zero-order chi connectivity index (χ0) is 12.4. The lowest BCUT2D eigenvalue weighted by Gasteiger charge is -2.29. The fraction of sp³-hybridized carbons (Fsp3) is 0.385. The Morgan fingerprint density at radius 2 is 2.00 bits per heavy atom. The van der Waals surface area contributed by atoms with E-state index in [1.54, 1.807) is 12.1 Å². The third-order valence-electron chi connectivity index (χ3n) is 3.34. The van der Waals surface area contributed by atoms with E-state index in [0.29, 0.717) is 6.04 Å². The van der Waals surface area contributed by atoms with Gasteiger partial charge in [0, 0.05) is 24.7 Å². The quantitative estimate of drug-likeness (QED) is 0.581. The lowest BCUT2D eigenvalue weighted by Crippen LogP contribution is -2.32. The van der Waals surface area contributed by atoms with E-state index in [2.05, 4.69) is 24.9 Å². The Balaban J connectivity index is 2.21. The highest BCUT2D eigenvalue weighted by molar-refractivity contribution is 5.67. The smallest absolute Gasteiger partial charge is 0.269 e. The molecule has 0 spiro atoms. The van der Waals surface area contributed by atoms with E-state index < -0.39 is 0 Å². The van der Waals surface area contributed by atoms with Crippen molar-refractivity contribution in [3.05, 3.63) is 46.0 Å². The average Bonchev–Trinajstić information content (AvgIpc) is 2.33. The van der Waals surface area contributed by atoms with Gasteiger partial charge in [0.15, 0.2) is 0 Å². The van der Waals surface area contributed by atoms with Crippen molar-refractivity contribution in [1.29, 1.82) is 0 Å². The first-order valence-electron chi connectivity index (χ1n) is 5.72. The van der Waals surface area contributed by atoms with E-state index in [1.165, 1.54) is 5.57 Å². The average molecular weight is 232 g/mol. The van der Waals surface area contributed by atoms with Crippen molar-refractivity contribution in [2.24, 2.45) is 0 Å². The molecule has 0 N–H and O–H groups in total. The first kappa shape index (κ1) is 11.8. The minimum Gasteiger partial charge on any atom is -0.300 e. The summed E-state index contributed by atoms with van der Waals surface area (Å²) in [5.74, 6) is 0. The molecular weight excluding hydrogens is 216 g/mol. The molecule has 1 aromatic rings. The summed E-state index contributed by atoms with van der Waals surface area (Å²) in [4.78, 5) is 12.5. The van der Waals surface area contributed by atoms with Gasteiger partial charge in [-0.1, -0.05) is 6.08 Å². The summed E-state index contributed by atoms with van der Waals surface area (Å²) in [6.45, 7) is 3.13. The van der Waals surface area contributed by atoms with Gasteiger partial charge in [0.1, 0.15) is 0 Å². The van der Waals surface area contributed by atoms with Crippen molar-refractivity contribution in [3.8, 4) is 0 Å². The minimum absolute atomic E-state index is 0.148. The molecule has 90 valence electrons. The molecule has 1 unspecified atom stereocenters. The van der Waals surface area contributed by atoms with Crippen LogP contribution in [0.3, 0.4) is 0 Å². The summed E-state index contributed by atoms with van der Waals surface area (Å²) in [6, 6.07) is 7.33. The number of hydrogen-bond donors (Lipinski definition) is 0. The van der Waals surface area contributed by atoms with Crippen LogP contribution in [-0.2, 0) is 0 Å². The molecule has 1 aromatic carbocycles. The molecule has 0 saturated heterocycles. The summed E-state index contributed by atoms with van der Waals surface area (Å²) in [5.41, 5.74) is 2.52. The van der Waals surface area contributed by atoms with Crippen molar-refractivity contribution < 1.29 is 4.92 Å². The molecule has 1 heterocycles. The molecule has 0 aromatic heterocycles. The maximum atomic E-state index is 10.6. The molecule has 1 aliphatic heterocycles. The molecule has 0 radical (unpaired) electrons. The molecule has 1 aliphatic rings. The number of rotatable bonds is 2. The van der Waals surface area contributed by atoms with Gasteiger partial charge < -0.3 is 0 Å². The van der Waals surface area contributed by atoms with E-state index in [-0.39, 0.29) is 10.6 Å². The molecule has 0 saturated carbocycles. The van der Waals surface area contributed by atoms with Gasteiger partial charge in [-0.15, -0.1) is 0 Å². The standard InChI is InChI=1S/C13H16N2O2/c1-10-9-12(7-8-14(10)2)11-3-5-13(6-4-11)15(16)17/h3-7,10H,8-9H2,1-2H3. The van der Waals surface area contributed by atoms with Gasteiger partial charge in [0.25, 0.3) is 5.69 Å². The number of benzene rings is 1. The monoisotopic (exact) mass is 232 g/mol. The van der Waals surface area contributed by atoms with Crippen molar-refractivity contribution >= 4 is 11.3 Å². The Labute approximate surface area is 101 Å². The van der Waals surface area contributed by atoms with Crippen LogP contribution in [0.15, 0.2) is 30.3 Å². The predicted molar refractivity (Wildman–Crippen MR) is 67.8 cm³/mol. The van der Waals surface area contributed by atoms with Crippen LogP contribution < -0.4 is 0 Å². The maximum absolute atomic E-state index is 10.6. The lowest BCUT2D eigenvalue weighted by molar-refractivity contribution is -0.384. The van der Waals surface area contributed by atoms with Crippen LogP contribution in [0.4, 0.5) is 5.69 Å². The van der Waals surface area contributed by atoms with Crippen LogP contribution in [-0.4, -0.2) is 29.5 Å². The van der Waals surface area contributed by atoms with E-state index >= 15 is 0 Å². The number of nitro benzene ring substituents is 1. The van der Waals surface area contributed by atoms with Crippen molar-refractivity contribution in [1.82, 2.24) is 4.90 Å². The van der Waals surface area contributed by atoms with Crippen LogP contribution >= 0.6 is 0 Å². The highest BCUT2D eigenvalue weighted by Crippen LogP contribution is 2.26. The highest BCUT2D eigenvalue weighted by Gasteiger charge is 2.17. The Kier molecular flexibility index (Phi) is 3.24. The Morgan fingerprint density at radius 3 is 2.53 bits per heavy atom. The summed E-state index contributed by atoms with van der Waals surface area (Å²) < 4.78 is 0. The largest absolute Gasteiger partial charge is 0.300 e. The van der Waals surface area contributed by atoms with E-state index in [9.17, 15) is 10.1 Å². The fourth-order valence-corrected chi connectivity index (χ4v) is 2.02. The number of nitro groups is 1. The molecule has 0 bridgehead atoms. The molecule has 0 fully saturated rings. The topological polar surface area (TPSA) is 46.4 Å². The van der Waals surface area contributed by atoms with E-state index in [1.807, 2.05) is 12.1 Å². The van der Waals surface area contributed by atoms with Crippen LogP contribution in [0.5, 0.6) is 0 Å². The van der Waals surface area contributed by atoms with Gasteiger partial charge in [-0.05, 0) is 43.7 Å². The molecule has 4 heteroatoms. The van der Waals surface area contributed by atoms with Crippen LogP contribution in [0, 0.1) is 10.1 Å². The number of likely N-dealkylation sites (N-methyl/N-ethyl adjacent to an activating group) is 1. The van der Waals surface area contributed by atoms with Crippen molar-refractivity contribution in [3.63, 3.8) is 0 Å². The van der Waals surface area contributed by atoms with Gasteiger partial charge in [-0.2, -0.15) is 0 Å². The minimum atomic E-state index is -0.366. The summed E-state index contributed by atoms with van der Waals surface area (Å²) in [6.07, 6.45) is 3.19. The van der Waals surface area contributed by atoms with Gasteiger partial charge in [-0.3, -0.25) is 15.0 Å². The number of nitrogens with zero attached hydrogens (tertiary/aromatic N) is 2. The molecule has 1 atom stereocenters. The molecule has 17 heavy (non-hydrogen) atoms. The van der Waals surface area contributed by atoms with Gasteiger partial charge in [0.05, 0.1) is 4.92 Å². The second-order valence-electron chi connectivity index (χ2n) is 4.53. The molecule has 0 aliphatic carbocycles. The first-order chi connectivity index (χ1) is 8.08. The summed E-state index contributed by atoms with van der Waals surface area (Å²) >= 11 is 0. The zero-order valence-electron chi connectivity index (χ0n) is 10.1. The first-order valence-corrected chi connectivity index (χ1v) is 5.72. The van der Waals surface area contributed by atoms with Crippen LogP contribution in [0.2, 0.25) is 0 Å². The van der Waals surface area contributed by atoms with Crippen LogP contribution in [0.25, 0.3) is 5.57 Å². The molecule has 4 nitrogen and oxygen atoms in total. The molecule has 2 rings (SSSR count). The van der Waals surface area contributed by atoms with Crippen molar-refractivity contribution in [2.45, 2.75) is 19.4 Å². The van der Waals surface area contributed by atoms with Gasteiger partial charge >= 0.3 is 0 Å². The molecule has 0 amide bonds. The maximum Gasteiger partial charge on any atom is 0.269 e. The summed E-state index contributed by atoms with van der Waals surface area (Å²) in [5, 5.41) is 10.6. The Morgan fingerprint density at radius 1 is 1.35 bits per heavy atom. The third kappa shape index (κ3) is 2.53. The highest BCUT2D eigenvalue weighted by atomic mass is 16.6. The summed E-state index contributed by atoms with van der Waals surface area (Å²) in [7, 11) is 2.10. The normalized spacial score (nSPS) is 21.1. The number of hydrogen-bond acceptors (Lipinski definition) is 3. The fourth-order valence-electron chi connectivity index (χ4n) is 2.02. The Hall–Kier alpha value is -1.68. The second-order valence-corrected chi connectivity index (χ2v) is 4.53. The van der Waals surface area contributed by atoms with Gasteiger partial charge in [-0.25, -0.2) is 0 Å². The van der Waals surface area contributed by atoms with Crippen LogP contribution in [0.1, 0.15) is 18.9 Å². The molecular formula is C13H16N2O2. The zero-order valence-corrected chi connectivity index (χ0v) is 10.1. The van der Waals surface area contributed by atoms with E-state index in [0.717, 1.165) is 18.5 Å². The van der Waals surface area contributed by atoms with E-state index in [4.69, 9.17) is 0 Å². The second kappa shape index (κ2) is 4.67. The number of non-ortho nitro benzene ring substituents is 1. The Bertz CT molecular complexity index is 451. The predicted octanol–water partition coefficient (Wildman–Crippen LogP) is 2.70. The SMILES string of the molecule is CC1CC(c2ccc([N+](=O)[O-])cc2)=CCN1C. The van der Waals surface area contributed by atoms with Crippen molar-refractivity contribution in [2.75, 3.05) is 13.6 Å².